The van der Waals surface area contributed by atoms with Crippen LogP contribution in [0.15, 0.2) is 24.3 Å². The van der Waals surface area contributed by atoms with E-state index in [4.69, 9.17) is 10.00 Å². The summed E-state index contributed by atoms with van der Waals surface area (Å²) in [5, 5.41) is 18.1. The molecule has 0 bridgehead atoms. The van der Waals surface area contributed by atoms with E-state index in [9.17, 15) is 5.11 Å². The topological polar surface area (TPSA) is 53.2 Å². The van der Waals surface area contributed by atoms with Crippen LogP contribution in [0.1, 0.15) is 19.3 Å². The largest absolute Gasteiger partial charge is 0.504 e. The summed E-state index contributed by atoms with van der Waals surface area (Å²) in [5.74, 6) is 0.659. The zero-order valence-electron chi connectivity index (χ0n) is 8.44. The second-order valence-corrected chi connectivity index (χ2v) is 4.09. The molecular formula is C12H13NO2. The molecule has 1 saturated carbocycles. The van der Waals surface area contributed by atoms with Crippen LogP contribution in [0, 0.1) is 16.7 Å². The summed E-state index contributed by atoms with van der Waals surface area (Å²) in [4.78, 5) is 0. The number of aromatic hydroxyl groups is 1. The maximum absolute atomic E-state index is 9.47. The summed E-state index contributed by atoms with van der Waals surface area (Å²) in [7, 11) is 0. The number of benzene rings is 1. The summed E-state index contributed by atoms with van der Waals surface area (Å²) in [6.07, 6.45) is 2.64. The van der Waals surface area contributed by atoms with Crippen LogP contribution in [0.25, 0.3) is 0 Å². The molecule has 0 saturated heterocycles. The molecule has 3 heteroatoms. The van der Waals surface area contributed by atoms with Gasteiger partial charge in [-0.1, -0.05) is 12.1 Å². The lowest BCUT2D eigenvalue weighted by Gasteiger charge is -2.13. The van der Waals surface area contributed by atoms with Gasteiger partial charge in [0, 0.05) is 11.8 Å². The standard InChI is InChI=1S/C12H13NO2/c13-8-7-12(5-6-12)9-15-11-4-2-1-3-10(11)14/h1-4,14H,5-7,9H2. The Bertz CT molecular complexity index is 391. The van der Waals surface area contributed by atoms with Gasteiger partial charge in [-0.05, 0) is 25.0 Å². The third-order valence-electron chi connectivity index (χ3n) is 2.81. The van der Waals surface area contributed by atoms with Crippen molar-refractivity contribution in [2.24, 2.45) is 5.41 Å². The van der Waals surface area contributed by atoms with Gasteiger partial charge in [0.25, 0.3) is 0 Å². The Balaban J connectivity index is 1.94. The van der Waals surface area contributed by atoms with Crippen LogP contribution in [-0.4, -0.2) is 11.7 Å². The van der Waals surface area contributed by atoms with E-state index >= 15 is 0 Å². The van der Waals surface area contributed by atoms with Crippen molar-refractivity contribution in [3.63, 3.8) is 0 Å². The molecule has 0 radical (unpaired) electrons. The fourth-order valence-corrected chi connectivity index (χ4v) is 1.53. The van der Waals surface area contributed by atoms with Gasteiger partial charge in [-0.3, -0.25) is 0 Å². The van der Waals surface area contributed by atoms with E-state index in [2.05, 4.69) is 6.07 Å². The molecule has 78 valence electrons. The maximum atomic E-state index is 9.47. The average molecular weight is 203 g/mol. The smallest absolute Gasteiger partial charge is 0.160 e. The number of hydrogen-bond acceptors (Lipinski definition) is 3. The third-order valence-corrected chi connectivity index (χ3v) is 2.81. The Morgan fingerprint density at radius 2 is 2.13 bits per heavy atom. The Kier molecular flexibility index (Phi) is 2.51. The number of phenolic OH excluding ortho intramolecular Hbond substituents is 1. The van der Waals surface area contributed by atoms with Crippen molar-refractivity contribution in [2.75, 3.05) is 6.61 Å². The molecule has 1 aliphatic rings. The number of para-hydroxylation sites is 2. The maximum Gasteiger partial charge on any atom is 0.160 e. The minimum absolute atomic E-state index is 0.0526. The second-order valence-electron chi connectivity index (χ2n) is 4.09. The zero-order valence-corrected chi connectivity index (χ0v) is 8.44. The molecule has 1 aromatic rings. The summed E-state index contributed by atoms with van der Waals surface area (Å²) in [5.41, 5.74) is 0.0526. The molecule has 1 aliphatic carbocycles. The van der Waals surface area contributed by atoms with E-state index in [-0.39, 0.29) is 11.2 Å². The van der Waals surface area contributed by atoms with Gasteiger partial charge in [-0.25, -0.2) is 0 Å². The minimum atomic E-state index is 0.0526. The molecule has 0 unspecified atom stereocenters. The second kappa shape index (κ2) is 3.82. The van der Waals surface area contributed by atoms with Gasteiger partial charge < -0.3 is 9.84 Å². The Labute approximate surface area is 88.9 Å². The first-order valence-electron chi connectivity index (χ1n) is 5.04. The summed E-state index contributed by atoms with van der Waals surface area (Å²) < 4.78 is 5.52. The molecule has 0 spiro atoms. The van der Waals surface area contributed by atoms with Crippen LogP contribution >= 0.6 is 0 Å². The highest BCUT2D eigenvalue weighted by atomic mass is 16.5. The lowest BCUT2D eigenvalue weighted by Crippen LogP contribution is -2.12. The minimum Gasteiger partial charge on any atom is -0.504 e. The predicted octanol–water partition coefficient (Wildman–Crippen LogP) is 2.46. The van der Waals surface area contributed by atoms with Crippen LogP contribution in [0.2, 0.25) is 0 Å². The van der Waals surface area contributed by atoms with E-state index in [0.29, 0.717) is 18.8 Å². The number of nitrogens with zero attached hydrogens (tertiary/aromatic N) is 1. The fourth-order valence-electron chi connectivity index (χ4n) is 1.53. The number of nitriles is 1. The van der Waals surface area contributed by atoms with Crippen molar-refractivity contribution in [3.05, 3.63) is 24.3 Å². The van der Waals surface area contributed by atoms with E-state index in [0.717, 1.165) is 12.8 Å². The first-order valence-corrected chi connectivity index (χ1v) is 5.04. The van der Waals surface area contributed by atoms with Crippen LogP contribution in [0.4, 0.5) is 0 Å². The zero-order chi connectivity index (χ0) is 10.7. The van der Waals surface area contributed by atoms with E-state index in [1.807, 2.05) is 6.07 Å². The third kappa shape index (κ3) is 2.21. The number of phenols is 1. The Morgan fingerprint density at radius 1 is 1.40 bits per heavy atom. The van der Waals surface area contributed by atoms with Gasteiger partial charge in [0.1, 0.15) is 0 Å². The molecule has 1 aromatic carbocycles. The van der Waals surface area contributed by atoms with Crippen LogP contribution in [0.5, 0.6) is 11.5 Å². The van der Waals surface area contributed by atoms with Gasteiger partial charge >= 0.3 is 0 Å². The van der Waals surface area contributed by atoms with Gasteiger partial charge in [-0.2, -0.15) is 5.26 Å². The highest BCUT2D eigenvalue weighted by Gasteiger charge is 2.43. The van der Waals surface area contributed by atoms with Gasteiger partial charge in [0.15, 0.2) is 11.5 Å². The summed E-state index contributed by atoms with van der Waals surface area (Å²) in [6.45, 7) is 0.526. The quantitative estimate of drug-likeness (QED) is 0.817. The molecule has 2 rings (SSSR count). The molecule has 0 aliphatic heterocycles. The van der Waals surface area contributed by atoms with Crippen molar-refractivity contribution in [1.29, 1.82) is 5.26 Å². The summed E-state index contributed by atoms with van der Waals surface area (Å²) in [6, 6.07) is 9.08. The molecule has 0 heterocycles. The molecule has 15 heavy (non-hydrogen) atoms. The molecular weight excluding hydrogens is 190 g/mol. The summed E-state index contributed by atoms with van der Waals surface area (Å²) >= 11 is 0. The van der Waals surface area contributed by atoms with Crippen molar-refractivity contribution < 1.29 is 9.84 Å². The van der Waals surface area contributed by atoms with Crippen LogP contribution in [-0.2, 0) is 0 Å². The lowest BCUT2D eigenvalue weighted by molar-refractivity contribution is 0.228. The van der Waals surface area contributed by atoms with Crippen molar-refractivity contribution in [1.82, 2.24) is 0 Å². The fraction of sp³-hybridized carbons (Fsp3) is 0.417. The predicted molar refractivity (Wildman–Crippen MR) is 55.5 cm³/mol. The highest BCUT2D eigenvalue weighted by molar-refractivity contribution is 5.38. The average Bonchev–Trinajstić information content (AvgIpc) is 2.98. The number of rotatable bonds is 4. The molecule has 3 nitrogen and oxygen atoms in total. The molecule has 0 atom stereocenters. The molecule has 1 N–H and O–H groups in total. The van der Waals surface area contributed by atoms with Crippen molar-refractivity contribution in [3.8, 4) is 17.6 Å². The lowest BCUT2D eigenvalue weighted by atomic mass is 10.1. The Morgan fingerprint density at radius 3 is 2.73 bits per heavy atom. The SMILES string of the molecule is N#CCC1(COc2ccccc2O)CC1. The monoisotopic (exact) mass is 203 g/mol. The van der Waals surface area contributed by atoms with Gasteiger partial charge in [0.2, 0.25) is 0 Å². The van der Waals surface area contributed by atoms with E-state index in [1.54, 1.807) is 18.2 Å². The van der Waals surface area contributed by atoms with Crippen molar-refractivity contribution >= 4 is 0 Å². The van der Waals surface area contributed by atoms with E-state index < -0.39 is 0 Å². The normalized spacial score (nSPS) is 16.7. The number of hydrogen-bond donors (Lipinski definition) is 1. The Hall–Kier alpha value is -1.69. The first-order chi connectivity index (χ1) is 7.26. The molecule has 1 fully saturated rings. The van der Waals surface area contributed by atoms with Crippen LogP contribution < -0.4 is 4.74 Å². The number of ether oxygens (including phenoxy) is 1. The highest BCUT2D eigenvalue weighted by Crippen LogP contribution is 2.49. The van der Waals surface area contributed by atoms with E-state index in [1.165, 1.54) is 0 Å². The molecule has 0 amide bonds. The van der Waals surface area contributed by atoms with Gasteiger partial charge in [0.05, 0.1) is 12.7 Å². The first kappa shape index (κ1) is 9.85. The van der Waals surface area contributed by atoms with Crippen molar-refractivity contribution in [2.45, 2.75) is 19.3 Å². The van der Waals surface area contributed by atoms with Crippen LogP contribution in [0.3, 0.4) is 0 Å². The van der Waals surface area contributed by atoms with Gasteiger partial charge in [-0.15, -0.1) is 0 Å². The molecule has 0 aromatic heterocycles.